The summed E-state index contributed by atoms with van der Waals surface area (Å²) in [6.07, 6.45) is 4.59. The molecular weight excluding hydrogens is 356 g/mol. The van der Waals surface area contributed by atoms with Gasteiger partial charge in [-0.15, -0.1) is 0 Å². The highest BCUT2D eigenvalue weighted by Crippen LogP contribution is 2.18. The van der Waals surface area contributed by atoms with Gasteiger partial charge in [0.15, 0.2) is 0 Å². The summed E-state index contributed by atoms with van der Waals surface area (Å²) in [7, 11) is -4.02. The van der Waals surface area contributed by atoms with Gasteiger partial charge in [0, 0.05) is 12.1 Å². The molecule has 142 valence electrons. The van der Waals surface area contributed by atoms with Crippen LogP contribution in [0.2, 0.25) is 0 Å². The highest BCUT2D eigenvalue weighted by Gasteiger charge is 2.16. The average Bonchev–Trinajstić information content (AvgIpc) is 2.54. The van der Waals surface area contributed by atoms with Crippen molar-refractivity contribution < 1.29 is 22.4 Å². The van der Waals surface area contributed by atoms with Crippen LogP contribution in [0.25, 0.3) is 0 Å². The van der Waals surface area contributed by atoms with E-state index in [0.29, 0.717) is 19.3 Å². The molecule has 1 aromatic heterocycles. The van der Waals surface area contributed by atoms with E-state index < -0.39 is 10.1 Å². The second kappa shape index (κ2) is 9.51. The Kier molecular flexibility index (Phi) is 7.38. The van der Waals surface area contributed by atoms with Crippen molar-refractivity contribution in [1.29, 1.82) is 0 Å². The van der Waals surface area contributed by atoms with Crippen LogP contribution in [0.5, 0.6) is 11.5 Å². The van der Waals surface area contributed by atoms with Gasteiger partial charge in [-0.1, -0.05) is 17.7 Å². The van der Waals surface area contributed by atoms with E-state index in [1.54, 1.807) is 24.5 Å². The Labute approximate surface area is 154 Å². The van der Waals surface area contributed by atoms with E-state index in [4.69, 9.17) is 14.0 Å². The van der Waals surface area contributed by atoms with Crippen molar-refractivity contribution in [3.63, 3.8) is 0 Å². The maximum absolute atomic E-state index is 10.5. The van der Waals surface area contributed by atoms with E-state index in [1.807, 2.05) is 19.9 Å². The Morgan fingerprint density at radius 2 is 1.81 bits per heavy atom. The predicted octanol–water partition coefficient (Wildman–Crippen LogP) is 2.46. The minimum Gasteiger partial charge on any atom is -0.492 e. The van der Waals surface area contributed by atoms with Crippen LogP contribution in [0.15, 0.2) is 47.6 Å². The van der Waals surface area contributed by atoms with Crippen molar-refractivity contribution in [2.45, 2.75) is 31.2 Å². The molecule has 2 heterocycles. The third kappa shape index (κ3) is 6.62. The molecule has 0 spiro atoms. The topological polar surface area (TPSA) is 97.8 Å². The second-order valence-electron chi connectivity index (χ2n) is 5.83. The Morgan fingerprint density at radius 3 is 2.31 bits per heavy atom. The van der Waals surface area contributed by atoms with Gasteiger partial charge >= 0.3 is 0 Å². The molecular formula is C18H24N2O5S. The molecule has 1 fully saturated rings. The fourth-order valence-corrected chi connectivity index (χ4v) is 2.60. The summed E-state index contributed by atoms with van der Waals surface area (Å²) in [5, 5.41) is 3.28. The van der Waals surface area contributed by atoms with E-state index in [2.05, 4.69) is 10.3 Å². The van der Waals surface area contributed by atoms with Gasteiger partial charge in [-0.3, -0.25) is 9.54 Å². The van der Waals surface area contributed by atoms with Crippen molar-refractivity contribution in [2.24, 2.45) is 0 Å². The molecule has 0 amide bonds. The lowest BCUT2D eigenvalue weighted by Gasteiger charge is -2.27. The summed E-state index contributed by atoms with van der Waals surface area (Å²) in [5.41, 5.74) is 0.956. The monoisotopic (exact) mass is 380 g/mol. The number of pyridine rings is 1. The molecule has 1 aliphatic heterocycles. The van der Waals surface area contributed by atoms with E-state index in [0.717, 1.165) is 23.6 Å². The van der Waals surface area contributed by atoms with Crippen molar-refractivity contribution in [1.82, 2.24) is 10.3 Å². The fourth-order valence-electron chi connectivity index (χ4n) is 2.12. The van der Waals surface area contributed by atoms with Gasteiger partial charge in [0.2, 0.25) is 0 Å². The molecule has 0 bridgehead atoms. The molecule has 8 heteroatoms. The molecule has 0 aliphatic carbocycles. The lowest BCUT2D eigenvalue weighted by atomic mass is 10.1. The first-order valence-electron chi connectivity index (χ1n) is 8.36. The van der Waals surface area contributed by atoms with Crippen molar-refractivity contribution in [2.75, 3.05) is 19.8 Å². The summed E-state index contributed by atoms with van der Waals surface area (Å²) in [5.74, 6) is 1.53. The van der Waals surface area contributed by atoms with E-state index >= 15 is 0 Å². The first-order valence-corrected chi connectivity index (χ1v) is 9.80. The third-order valence-corrected chi connectivity index (χ3v) is 4.56. The van der Waals surface area contributed by atoms with Gasteiger partial charge in [0.05, 0.1) is 23.9 Å². The first-order chi connectivity index (χ1) is 12.4. The number of benzene rings is 1. The molecule has 2 N–H and O–H groups in total. The lowest BCUT2D eigenvalue weighted by molar-refractivity contribution is 0.216. The number of hydrogen-bond acceptors (Lipinski definition) is 6. The van der Waals surface area contributed by atoms with Crippen LogP contribution in [-0.4, -0.2) is 43.8 Å². The molecule has 0 radical (unpaired) electrons. The number of rotatable bonds is 6. The molecule has 1 aromatic carbocycles. The molecule has 26 heavy (non-hydrogen) atoms. The second-order valence-corrected chi connectivity index (χ2v) is 7.25. The molecule has 0 saturated carbocycles. The highest BCUT2D eigenvalue weighted by molar-refractivity contribution is 7.85. The maximum Gasteiger partial charge on any atom is 0.294 e. The van der Waals surface area contributed by atoms with Gasteiger partial charge in [-0.2, -0.15) is 8.42 Å². The predicted molar refractivity (Wildman–Crippen MR) is 98.3 cm³/mol. The first kappa shape index (κ1) is 20.2. The van der Waals surface area contributed by atoms with Crippen molar-refractivity contribution in [3.8, 4) is 11.5 Å². The molecule has 2 aromatic rings. The summed E-state index contributed by atoms with van der Waals surface area (Å²) in [6.45, 7) is 6.25. The SMILES string of the molecule is CCOc1cncc(OC[C@@H]2CCN2)c1.Cc1ccc(S(=O)(=O)O)cc1. The number of nitrogens with zero attached hydrogens (tertiary/aromatic N) is 1. The maximum atomic E-state index is 10.5. The zero-order valence-corrected chi connectivity index (χ0v) is 15.7. The standard InChI is InChI=1S/C11H16N2O2.C7H8O3S/c1-2-14-10-5-11(7-12-6-10)15-8-9-3-4-13-9;1-6-2-4-7(5-3-6)11(8,9)10/h5-7,9,13H,2-4,8H2,1H3;2-5H,1H3,(H,8,9,10)/t9-;/m0./s1. The smallest absolute Gasteiger partial charge is 0.294 e. The van der Waals surface area contributed by atoms with Gasteiger partial charge < -0.3 is 14.8 Å². The van der Waals surface area contributed by atoms with Crippen LogP contribution >= 0.6 is 0 Å². The van der Waals surface area contributed by atoms with Crippen LogP contribution in [0.1, 0.15) is 18.9 Å². The van der Waals surface area contributed by atoms with Crippen molar-refractivity contribution in [3.05, 3.63) is 48.3 Å². The van der Waals surface area contributed by atoms with E-state index in [-0.39, 0.29) is 4.90 Å². The van der Waals surface area contributed by atoms with Crippen LogP contribution in [-0.2, 0) is 10.1 Å². The third-order valence-electron chi connectivity index (χ3n) is 3.69. The molecule has 1 saturated heterocycles. The molecule has 1 atom stereocenters. The normalized spacial score (nSPS) is 16.0. The van der Waals surface area contributed by atoms with Gasteiger partial charge in [0.25, 0.3) is 10.1 Å². The van der Waals surface area contributed by atoms with Crippen LogP contribution in [0, 0.1) is 6.92 Å². The Morgan fingerprint density at radius 1 is 1.19 bits per heavy atom. The molecule has 7 nitrogen and oxygen atoms in total. The molecule has 1 aliphatic rings. The van der Waals surface area contributed by atoms with E-state index in [1.165, 1.54) is 18.6 Å². The van der Waals surface area contributed by atoms with Crippen LogP contribution < -0.4 is 14.8 Å². The summed E-state index contributed by atoms with van der Waals surface area (Å²) >= 11 is 0. The summed E-state index contributed by atoms with van der Waals surface area (Å²) < 4.78 is 40.5. The number of hydrogen-bond donors (Lipinski definition) is 2. The summed E-state index contributed by atoms with van der Waals surface area (Å²) in [4.78, 5) is 3.99. The quantitative estimate of drug-likeness (QED) is 0.743. The molecule has 0 unspecified atom stereocenters. The molecule has 3 rings (SSSR count). The zero-order valence-electron chi connectivity index (χ0n) is 14.9. The Bertz CT molecular complexity index is 789. The zero-order chi connectivity index (χ0) is 19.0. The number of aryl methyl sites for hydroxylation is 1. The van der Waals surface area contributed by atoms with Crippen LogP contribution in [0.3, 0.4) is 0 Å². The van der Waals surface area contributed by atoms with Gasteiger partial charge in [-0.05, 0) is 38.9 Å². The number of ether oxygens (including phenoxy) is 2. The number of nitrogens with one attached hydrogen (secondary N) is 1. The summed E-state index contributed by atoms with van der Waals surface area (Å²) in [6, 6.07) is 8.36. The largest absolute Gasteiger partial charge is 0.492 e. The highest BCUT2D eigenvalue weighted by atomic mass is 32.2. The Hall–Kier alpha value is -2.16. The van der Waals surface area contributed by atoms with E-state index in [9.17, 15) is 8.42 Å². The fraction of sp³-hybridized carbons (Fsp3) is 0.389. The van der Waals surface area contributed by atoms with Gasteiger partial charge in [-0.25, -0.2) is 0 Å². The average molecular weight is 380 g/mol. The minimum absolute atomic E-state index is 0.0666. The number of aromatic nitrogens is 1. The minimum atomic E-state index is -4.02. The lowest BCUT2D eigenvalue weighted by Crippen LogP contribution is -2.46. The Balaban J connectivity index is 0.000000197. The van der Waals surface area contributed by atoms with Gasteiger partial charge in [0.1, 0.15) is 18.1 Å². The van der Waals surface area contributed by atoms with Crippen molar-refractivity contribution >= 4 is 10.1 Å². The van der Waals surface area contributed by atoms with Crippen LogP contribution in [0.4, 0.5) is 0 Å².